The molecule has 3 aromatic rings. The van der Waals surface area contributed by atoms with Crippen molar-refractivity contribution in [2.24, 2.45) is 0 Å². The number of hydrogen-bond acceptors (Lipinski definition) is 7. The third-order valence-electron chi connectivity index (χ3n) is 5.46. The number of nitrogens with one attached hydrogen (secondary N) is 1. The second-order valence-corrected chi connectivity index (χ2v) is 7.89. The van der Waals surface area contributed by atoms with E-state index in [2.05, 4.69) is 15.2 Å². The van der Waals surface area contributed by atoms with Gasteiger partial charge in [-0.25, -0.2) is 4.98 Å². The van der Waals surface area contributed by atoms with Crippen LogP contribution in [0.1, 0.15) is 11.3 Å². The Labute approximate surface area is 194 Å². The predicted octanol–water partition coefficient (Wildman–Crippen LogP) is 3.40. The average Bonchev–Trinajstić information content (AvgIpc) is 2.85. The molecule has 1 saturated heterocycles. The molecule has 1 amide bonds. The third kappa shape index (κ3) is 6.20. The molecular weight excluding hydrogens is 418 g/mol. The molecule has 1 aliphatic heterocycles. The van der Waals surface area contributed by atoms with E-state index in [-0.39, 0.29) is 12.5 Å². The number of aryl methyl sites for hydroxylation is 1. The molecule has 0 bridgehead atoms. The summed E-state index contributed by atoms with van der Waals surface area (Å²) in [6, 6.07) is 19.5. The van der Waals surface area contributed by atoms with Crippen molar-refractivity contribution in [3.63, 3.8) is 0 Å². The summed E-state index contributed by atoms with van der Waals surface area (Å²) in [6.07, 6.45) is 0. The van der Waals surface area contributed by atoms with Crippen LogP contribution in [0.3, 0.4) is 0 Å². The van der Waals surface area contributed by atoms with E-state index >= 15 is 0 Å². The smallest absolute Gasteiger partial charge is 0.248 e. The van der Waals surface area contributed by atoms with Gasteiger partial charge in [0, 0.05) is 43.6 Å². The Bertz CT molecular complexity index is 1050. The molecular formula is C25H29N5O3. The molecule has 0 spiro atoms. The van der Waals surface area contributed by atoms with Gasteiger partial charge in [-0.2, -0.15) is 4.98 Å². The van der Waals surface area contributed by atoms with Crippen molar-refractivity contribution in [2.75, 3.05) is 50.1 Å². The first-order valence-corrected chi connectivity index (χ1v) is 11.0. The number of ether oxygens (including phenoxy) is 2. The Morgan fingerprint density at radius 1 is 1.00 bits per heavy atom. The van der Waals surface area contributed by atoms with Crippen molar-refractivity contribution < 1.29 is 14.3 Å². The number of piperazine rings is 1. The topological polar surface area (TPSA) is 79.8 Å². The Morgan fingerprint density at radius 3 is 2.42 bits per heavy atom. The van der Waals surface area contributed by atoms with Crippen LogP contribution >= 0.6 is 0 Å². The number of hydrogen-bond donors (Lipinski definition) is 1. The maximum absolute atomic E-state index is 12.5. The maximum atomic E-state index is 12.5. The van der Waals surface area contributed by atoms with Crippen LogP contribution in [0, 0.1) is 6.92 Å². The summed E-state index contributed by atoms with van der Waals surface area (Å²) in [5.41, 5.74) is 2.86. The Hall–Kier alpha value is -3.65. The highest BCUT2D eigenvalue weighted by atomic mass is 16.5. The van der Waals surface area contributed by atoms with Gasteiger partial charge in [0.25, 0.3) is 0 Å². The zero-order valence-electron chi connectivity index (χ0n) is 19.0. The van der Waals surface area contributed by atoms with Crippen molar-refractivity contribution in [1.82, 2.24) is 14.9 Å². The van der Waals surface area contributed by atoms with E-state index in [1.165, 1.54) is 0 Å². The van der Waals surface area contributed by atoms with Crippen LogP contribution in [0.5, 0.6) is 5.75 Å². The first-order chi connectivity index (χ1) is 16.1. The van der Waals surface area contributed by atoms with Gasteiger partial charge in [-0.15, -0.1) is 0 Å². The molecule has 1 aromatic heterocycles. The lowest BCUT2D eigenvalue weighted by atomic mass is 10.2. The van der Waals surface area contributed by atoms with Crippen molar-refractivity contribution in [3.8, 4) is 5.75 Å². The van der Waals surface area contributed by atoms with E-state index in [1.54, 1.807) is 7.11 Å². The van der Waals surface area contributed by atoms with Crippen molar-refractivity contribution >= 4 is 23.4 Å². The zero-order chi connectivity index (χ0) is 23.0. The van der Waals surface area contributed by atoms with Gasteiger partial charge in [-0.3, -0.25) is 4.79 Å². The van der Waals surface area contributed by atoms with Gasteiger partial charge in [0.15, 0.2) is 0 Å². The fourth-order valence-electron chi connectivity index (χ4n) is 3.66. The first kappa shape index (κ1) is 22.5. The van der Waals surface area contributed by atoms with Crippen LogP contribution < -0.4 is 15.0 Å². The Balaban J connectivity index is 1.30. The second-order valence-electron chi connectivity index (χ2n) is 7.89. The third-order valence-corrected chi connectivity index (χ3v) is 5.46. The van der Waals surface area contributed by atoms with E-state index in [0.29, 0.717) is 38.7 Å². The lowest BCUT2D eigenvalue weighted by molar-refractivity contribution is -0.136. The molecule has 2 heterocycles. The van der Waals surface area contributed by atoms with Crippen LogP contribution in [0.25, 0.3) is 0 Å². The molecule has 4 rings (SSSR count). The molecule has 8 nitrogen and oxygen atoms in total. The second kappa shape index (κ2) is 10.8. The van der Waals surface area contributed by atoms with Gasteiger partial charge in [-0.05, 0) is 36.8 Å². The largest absolute Gasteiger partial charge is 0.497 e. The normalized spacial score (nSPS) is 13.6. The fourth-order valence-corrected chi connectivity index (χ4v) is 3.66. The van der Waals surface area contributed by atoms with Gasteiger partial charge in [0.1, 0.15) is 18.2 Å². The molecule has 0 radical (unpaired) electrons. The van der Waals surface area contributed by atoms with Crippen LogP contribution in [0.2, 0.25) is 0 Å². The Morgan fingerprint density at radius 2 is 1.73 bits per heavy atom. The number of anilines is 3. The van der Waals surface area contributed by atoms with Gasteiger partial charge in [0.2, 0.25) is 11.9 Å². The average molecular weight is 448 g/mol. The molecule has 33 heavy (non-hydrogen) atoms. The summed E-state index contributed by atoms with van der Waals surface area (Å²) < 4.78 is 10.8. The number of aromatic nitrogens is 2. The van der Waals surface area contributed by atoms with Gasteiger partial charge in [0.05, 0.1) is 13.7 Å². The van der Waals surface area contributed by atoms with Gasteiger partial charge < -0.3 is 24.6 Å². The lowest BCUT2D eigenvalue weighted by Gasteiger charge is -2.35. The standard InChI is InChI=1S/C25H29N5O3/c1-19-16-23(27-21-8-10-22(32-2)11-9-21)28-25(26-19)30-14-12-29(13-15-30)24(31)18-33-17-20-6-4-3-5-7-20/h3-11,16H,12-15,17-18H2,1-2H3,(H,26,27,28). The quantitative estimate of drug-likeness (QED) is 0.567. The molecule has 2 aromatic carbocycles. The van der Waals surface area contributed by atoms with E-state index < -0.39 is 0 Å². The minimum absolute atomic E-state index is 0.0117. The summed E-state index contributed by atoms with van der Waals surface area (Å²) in [7, 11) is 1.65. The fraction of sp³-hybridized carbons (Fsp3) is 0.320. The van der Waals surface area contributed by atoms with E-state index in [0.717, 1.165) is 28.5 Å². The van der Waals surface area contributed by atoms with Crippen molar-refractivity contribution in [1.29, 1.82) is 0 Å². The summed E-state index contributed by atoms with van der Waals surface area (Å²) in [5, 5.41) is 3.32. The predicted molar refractivity (Wildman–Crippen MR) is 128 cm³/mol. The van der Waals surface area contributed by atoms with Crippen molar-refractivity contribution in [3.05, 3.63) is 71.9 Å². The van der Waals surface area contributed by atoms with Crippen LogP contribution in [-0.4, -0.2) is 60.7 Å². The van der Waals surface area contributed by atoms with E-state index in [9.17, 15) is 4.79 Å². The molecule has 1 fully saturated rings. The summed E-state index contributed by atoms with van der Waals surface area (Å²) in [6.45, 7) is 5.07. The molecule has 1 N–H and O–H groups in total. The Kier molecular flexibility index (Phi) is 7.36. The molecule has 0 atom stereocenters. The number of nitrogens with zero attached hydrogens (tertiary/aromatic N) is 4. The molecule has 0 saturated carbocycles. The lowest BCUT2D eigenvalue weighted by Crippen LogP contribution is -2.50. The van der Waals surface area contributed by atoms with Gasteiger partial charge in [-0.1, -0.05) is 30.3 Å². The maximum Gasteiger partial charge on any atom is 0.248 e. The number of carbonyl (C=O) groups is 1. The first-order valence-electron chi connectivity index (χ1n) is 11.0. The van der Waals surface area contributed by atoms with Crippen molar-refractivity contribution in [2.45, 2.75) is 13.5 Å². The van der Waals surface area contributed by atoms with Crippen LogP contribution in [0.4, 0.5) is 17.5 Å². The molecule has 172 valence electrons. The highest BCUT2D eigenvalue weighted by Gasteiger charge is 2.23. The van der Waals surface area contributed by atoms with E-state index in [1.807, 2.05) is 72.5 Å². The molecule has 8 heteroatoms. The zero-order valence-corrected chi connectivity index (χ0v) is 19.0. The van der Waals surface area contributed by atoms with Gasteiger partial charge >= 0.3 is 0 Å². The number of methoxy groups -OCH3 is 1. The van der Waals surface area contributed by atoms with Crippen LogP contribution in [-0.2, 0) is 16.1 Å². The molecule has 0 unspecified atom stereocenters. The summed E-state index contributed by atoms with van der Waals surface area (Å²) >= 11 is 0. The minimum atomic E-state index is 0.0117. The number of carbonyl (C=O) groups excluding carboxylic acids is 1. The van der Waals surface area contributed by atoms with E-state index in [4.69, 9.17) is 14.5 Å². The SMILES string of the molecule is COc1ccc(Nc2cc(C)nc(N3CCN(C(=O)COCc4ccccc4)CC3)n2)cc1. The number of rotatable bonds is 8. The highest BCUT2D eigenvalue weighted by Crippen LogP contribution is 2.21. The summed E-state index contributed by atoms with van der Waals surface area (Å²) in [5.74, 6) is 2.21. The molecule has 1 aliphatic rings. The number of amides is 1. The minimum Gasteiger partial charge on any atom is -0.497 e. The highest BCUT2D eigenvalue weighted by molar-refractivity contribution is 5.77. The number of benzene rings is 2. The molecule has 0 aliphatic carbocycles. The monoisotopic (exact) mass is 447 g/mol. The van der Waals surface area contributed by atoms with Crippen LogP contribution in [0.15, 0.2) is 60.7 Å². The summed E-state index contributed by atoms with van der Waals surface area (Å²) in [4.78, 5) is 25.8.